The molecule has 2 aliphatic rings. The predicted molar refractivity (Wildman–Crippen MR) is 129 cm³/mol. The van der Waals surface area contributed by atoms with E-state index in [4.69, 9.17) is 31.0 Å². The third-order valence-corrected chi connectivity index (χ3v) is 6.17. The molecule has 2 fully saturated rings. The summed E-state index contributed by atoms with van der Waals surface area (Å²) in [4.78, 5) is 30.5. The van der Waals surface area contributed by atoms with Crippen LogP contribution < -0.4 is 15.0 Å². The van der Waals surface area contributed by atoms with Crippen LogP contribution in [0.25, 0.3) is 0 Å². The Balaban J connectivity index is 1.33. The zero-order valence-corrected chi connectivity index (χ0v) is 19.5. The van der Waals surface area contributed by atoms with Crippen LogP contribution in [0.2, 0.25) is 5.02 Å². The molecule has 176 valence electrons. The van der Waals surface area contributed by atoms with Gasteiger partial charge in [-0.25, -0.2) is 9.97 Å². The van der Waals surface area contributed by atoms with Gasteiger partial charge in [0.2, 0.25) is 5.95 Å². The van der Waals surface area contributed by atoms with E-state index >= 15 is 0 Å². The molecule has 2 aromatic heterocycles. The summed E-state index contributed by atoms with van der Waals surface area (Å²) in [5.41, 5.74) is 2.19. The van der Waals surface area contributed by atoms with E-state index in [2.05, 4.69) is 15.2 Å². The van der Waals surface area contributed by atoms with Crippen molar-refractivity contribution in [3.63, 3.8) is 0 Å². The molecule has 34 heavy (non-hydrogen) atoms. The number of rotatable bonds is 6. The molecule has 3 aromatic rings. The van der Waals surface area contributed by atoms with E-state index < -0.39 is 0 Å². The number of carbonyl (C=O) groups is 1. The first kappa shape index (κ1) is 22.4. The molecule has 2 aliphatic heterocycles. The maximum absolute atomic E-state index is 12.8. The van der Waals surface area contributed by atoms with E-state index in [-0.39, 0.29) is 11.8 Å². The van der Waals surface area contributed by atoms with Crippen LogP contribution in [-0.2, 0) is 4.74 Å². The van der Waals surface area contributed by atoms with E-state index in [1.165, 1.54) is 0 Å². The molecular formula is C24H25ClN6O3. The normalized spacial score (nSPS) is 16.2. The van der Waals surface area contributed by atoms with Gasteiger partial charge >= 0.3 is 0 Å². The first-order valence-electron chi connectivity index (χ1n) is 11.1. The summed E-state index contributed by atoms with van der Waals surface area (Å²) in [7, 11) is 1.57. The first-order valence-corrected chi connectivity index (χ1v) is 11.5. The van der Waals surface area contributed by atoms with Crippen LogP contribution >= 0.6 is 11.6 Å². The van der Waals surface area contributed by atoms with Gasteiger partial charge < -0.3 is 24.6 Å². The second kappa shape index (κ2) is 9.82. The number of pyridine rings is 1. The van der Waals surface area contributed by atoms with E-state index in [0.29, 0.717) is 54.5 Å². The van der Waals surface area contributed by atoms with Crippen molar-refractivity contribution in [3.8, 4) is 5.75 Å². The average Bonchev–Trinajstić information content (AvgIpc) is 2.85. The van der Waals surface area contributed by atoms with Crippen LogP contribution in [0.3, 0.4) is 0 Å². The van der Waals surface area contributed by atoms with Crippen LogP contribution in [0.1, 0.15) is 22.1 Å². The number of likely N-dealkylation sites (tertiary alicyclic amines) is 1. The van der Waals surface area contributed by atoms with Gasteiger partial charge in [-0.15, -0.1) is 0 Å². The third-order valence-electron chi connectivity index (χ3n) is 5.92. The van der Waals surface area contributed by atoms with E-state index in [1.54, 1.807) is 30.3 Å². The summed E-state index contributed by atoms with van der Waals surface area (Å²) >= 11 is 6.02. The lowest BCUT2D eigenvalue weighted by atomic mass is 9.95. The lowest BCUT2D eigenvalue weighted by molar-refractivity contribution is 0.0592. The molecule has 0 unspecified atom stereocenters. The quantitative estimate of drug-likeness (QED) is 0.574. The van der Waals surface area contributed by atoms with Crippen molar-refractivity contribution in [2.24, 2.45) is 0 Å². The maximum Gasteiger partial charge on any atom is 0.272 e. The number of hydrogen-bond acceptors (Lipinski definition) is 8. The van der Waals surface area contributed by atoms with Gasteiger partial charge in [-0.3, -0.25) is 4.79 Å². The number of carbonyl (C=O) groups excluding carboxylic acids is 1. The Bertz CT molecular complexity index is 1150. The Morgan fingerprint density at radius 2 is 1.88 bits per heavy atom. The fourth-order valence-corrected chi connectivity index (χ4v) is 4.06. The van der Waals surface area contributed by atoms with Gasteiger partial charge in [0.05, 0.1) is 32.2 Å². The Labute approximate surface area is 202 Å². The lowest BCUT2D eigenvalue weighted by Gasteiger charge is -2.39. The highest BCUT2D eigenvalue weighted by Gasteiger charge is 2.34. The molecule has 2 saturated heterocycles. The predicted octanol–water partition coefficient (Wildman–Crippen LogP) is 3.35. The van der Waals surface area contributed by atoms with Crippen LogP contribution in [0.15, 0.2) is 48.7 Å². The molecule has 4 heterocycles. The Kier molecular flexibility index (Phi) is 6.46. The summed E-state index contributed by atoms with van der Waals surface area (Å²) in [5.74, 6) is 2.02. The van der Waals surface area contributed by atoms with Gasteiger partial charge in [0, 0.05) is 48.9 Å². The highest BCUT2D eigenvalue weighted by Crippen LogP contribution is 2.30. The first-order chi connectivity index (χ1) is 16.6. The zero-order chi connectivity index (χ0) is 23.5. The van der Waals surface area contributed by atoms with Crippen LogP contribution in [0, 0.1) is 0 Å². The molecule has 0 atom stereocenters. The van der Waals surface area contributed by atoms with Gasteiger partial charge in [0.15, 0.2) is 0 Å². The average molecular weight is 481 g/mol. The topological polar surface area (TPSA) is 92.7 Å². The monoisotopic (exact) mass is 480 g/mol. The number of benzene rings is 1. The number of aromatic nitrogens is 3. The van der Waals surface area contributed by atoms with Crippen molar-refractivity contribution >= 4 is 35.0 Å². The van der Waals surface area contributed by atoms with Crippen molar-refractivity contribution in [2.75, 3.05) is 56.7 Å². The Morgan fingerprint density at radius 1 is 1.12 bits per heavy atom. The second-order valence-corrected chi connectivity index (χ2v) is 8.64. The Morgan fingerprint density at radius 3 is 2.56 bits per heavy atom. The molecule has 0 spiro atoms. The summed E-state index contributed by atoms with van der Waals surface area (Å²) in [6.45, 7) is 3.92. The fourth-order valence-electron chi connectivity index (χ4n) is 3.93. The SMILES string of the molecule is COc1ccc(C(=O)N2CC(c3cc(Nc4ccc(Cl)cc4)nc(N4CCOCC4)n3)C2)nc1. The van der Waals surface area contributed by atoms with Gasteiger partial charge in [-0.05, 0) is 36.4 Å². The molecule has 0 aliphatic carbocycles. The van der Waals surface area contributed by atoms with Gasteiger partial charge in [-0.1, -0.05) is 11.6 Å². The number of nitrogens with one attached hydrogen (secondary N) is 1. The highest BCUT2D eigenvalue weighted by molar-refractivity contribution is 6.30. The summed E-state index contributed by atoms with van der Waals surface area (Å²) in [5, 5.41) is 4.03. The van der Waals surface area contributed by atoms with Crippen LogP contribution in [0.4, 0.5) is 17.5 Å². The van der Waals surface area contributed by atoms with E-state index in [0.717, 1.165) is 24.5 Å². The van der Waals surface area contributed by atoms with E-state index in [9.17, 15) is 4.79 Å². The van der Waals surface area contributed by atoms with Crippen molar-refractivity contribution in [2.45, 2.75) is 5.92 Å². The van der Waals surface area contributed by atoms with Crippen molar-refractivity contribution in [1.82, 2.24) is 19.9 Å². The Hall–Kier alpha value is -3.43. The number of nitrogens with zero attached hydrogens (tertiary/aromatic N) is 5. The number of ether oxygens (including phenoxy) is 2. The van der Waals surface area contributed by atoms with Crippen molar-refractivity contribution in [3.05, 3.63) is 65.1 Å². The van der Waals surface area contributed by atoms with Crippen LogP contribution in [-0.4, -0.2) is 72.3 Å². The summed E-state index contributed by atoms with van der Waals surface area (Å²) < 4.78 is 10.6. The van der Waals surface area contributed by atoms with Gasteiger partial charge in [-0.2, -0.15) is 4.98 Å². The number of amides is 1. The minimum absolute atomic E-state index is 0.0964. The van der Waals surface area contributed by atoms with Crippen molar-refractivity contribution in [1.29, 1.82) is 0 Å². The summed E-state index contributed by atoms with van der Waals surface area (Å²) in [6.07, 6.45) is 1.55. The highest BCUT2D eigenvalue weighted by atomic mass is 35.5. The second-order valence-electron chi connectivity index (χ2n) is 8.20. The molecule has 0 radical (unpaired) electrons. The minimum Gasteiger partial charge on any atom is -0.495 e. The zero-order valence-electron chi connectivity index (χ0n) is 18.8. The van der Waals surface area contributed by atoms with Crippen LogP contribution in [0.5, 0.6) is 5.75 Å². The third kappa shape index (κ3) is 4.90. The molecule has 10 heteroatoms. The van der Waals surface area contributed by atoms with Gasteiger partial charge in [0.25, 0.3) is 5.91 Å². The summed E-state index contributed by atoms with van der Waals surface area (Å²) in [6, 6.07) is 12.9. The standard InChI is InChI=1S/C24H25ClN6O3/c1-33-19-6-7-20(26-13-19)23(32)31-14-16(15-31)21-12-22(27-18-4-2-17(25)3-5-18)29-24(28-21)30-8-10-34-11-9-30/h2-7,12-13,16H,8-11,14-15H2,1H3,(H,27,28,29). The molecule has 1 amide bonds. The molecule has 0 saturated carbocycles. The minimum atomic E-state index is -0.0964. The maximum atomic E-state index is 12.8. The fraction of sp³-hybridized carbons (Fsp3) is 0.333. The molecule has 0 bridgehead atoms. The van der Waals surface area contributed by atoms with Crippen molar-refractivity contribution < 1.29 is 14.3 Å². The molecule has 1 aromatic carbocycles. The smallest absolute Gasteiger partial charge is 0.272 e. The molecule has 9 nitrogen and oxygen atoms in total. The number of methoxy groups -OCH3 is 1. The molecule has 5 rings (SSSR count). The largest absolute Gasteiger partial charge is 0.495 e. The van der Waals surface area contributed by atoms with Gasteiger partial charge in [0.1, 0.15) is 17.3 Å². The number of halogens is 1. The number of anilines is 3. The van der Waals surface area contributed by atoms with E-state index in [1.807, 2.05) is 30.3 Å². The lowest BCUT2D eigenvalue weighted by Crippen LogP contribution is -2.49. The number of morpholine rings is 1. The molecular weight excluding hydrogens is 456 g/mol. The number of hydrogen-bond donors (Lipinski definition) is 1. The molecule has 1 N–H and O–H groups in total.